The Balaban J connectivity index is 2.16. The van der Waals surface area contributed by atoms with Crippen molar-refractivity contribution in [2.45, 2.75) is 43.6 Å². The van der Waals surface area contributed by atoms with Crippen LogP contribution >= 0.6 is 11.3 Å². The minimum absolute atomic E-state index is 0.0766. The maximum atomic E-state index is 13.3. The smallest absolute Gasteiger partial charge is 0.248 e. The van der Waals surface area contributed by atoms with Gasteiger partial charge in [0.2, 0.25) is 5.92 Å². The predicted octanol–water partition coefficient (Wildman–Crippen LogP) is 2.61. The first-order chi connectivity index (χ1) is 8.87. The summed E-state index contributed by atoms with van der Waals surface area (Å²) in [5, 5.41) is 0.933. The lowest BCUT2D eigenvalue weighted by Gasteiger charge is -2.37. The van der Waals surface area contributed by atoms with E-state index in [4.69, 9.17) is 5.73 Å². The standard InChI is InChI=1S/C13H21F2N3S/c1-18(2)8-10-7-17-11(19-10)12(9-16)3-5-13(14,15)6-4-12/h7H,3-6,8-9,16H2,1-2H3. The van der Waals surface area contributed by atoms with Crippen molar-refractivity contribution in [2.75, 3.05) is 20.6 Å². The first-order valence-corrected chi connectivity index (χ1v) is 7.36. The molecule has 0 saturated heterocycles. The van der Waals surface area contributed by atoms with Gasteiger partial charge in [-0.25, -0.2) is 13.8 Å². The zero-order valence-electron chi connectivity index (χ0n) is 11.5. The average molecular weight is 289 g/mol. The van der Waals surface area contributed by atoms with Crippen LogP contribution in [-0.4, -0.2) is 36.4 Å². The van der Waals surface area contributed by atoms with Crippen molar-refractivity contribution in [3.05, 3.63) is 16.1 Å². The second-order valence-electron chi connectivity index (χ2n) is 5.71. The average Bonchev–Trinajstić information content (AvgIpc) is 2.78. The first kappa shape index (κ1) is 14.8. The summed E-state index contributed by atoms with van der Waals surface area (Å²) in [6.45, 7) is 1.23. The molecule has 0 aliphatic heterocycles. The van der Waals surface area contributed by atoms with Gasteiger partial charge in [0.25, 0.3) is 0 Å². The number of hydrogen-bond donors (Lipinski definition) is 1. The number of alkyl halides is 2. The van der Waals surface area contributed by atoms with E-state index >= 15 is 0 Å². The minimum Gasteiger partial charge on any atom is -0.329 e. The maximum Gasteiger partial charge on any atom is 0.248 e. The highest BCUT2D eigenvalue weighted by atomic mass is 32.1. The number of nitrogens with two attached hydrogens (primary N) is 1. The molecule has 0 atom stereocenters. The fourth-order valence-corrected chi connectivity index (χ4v) is 3.82. The van der Waals surface area contributed by atoms with Crippen LogP contribution in [0.4, 0.5) is 8.78 Å². The van der Waals surface area contributed by atoms with E-state index in [1.165, 1.54) is 0 Å². The highest BCUT2D eigenvalue weighted by Crippen LogP contribution is 2.45. The Kier molecular flexibility index (Phi) is 4.23. The van der Waals surface area contributed by atoms with E-state index in [1.54, 1.807) is 11.3 Å². The van der Waals surface area contributed by atoms with Gasteiger partial charge in [0.05, 0.1) is 0 Å². The molecule has 0 spiro atoms. The summed E-state index contributed by atoms with van der Waals surface area (Å²) in [6, 6.07) is 0. The van der Waals surface area contributed by atoms with Gasteiger partial charge in [0.1, 0.15) is 5.01 Å². The lowest BCUT2D eigenvalue weighted by molar-refractivity contribution is -0.0509. The normalized spacial score (nSPS) is 21.8. The summed E-state index contributed by atoms with van der Waals surface area (Å²) < 4.78 is 26.6. The molecule has 1 aliphatic carbocycles. The van der Waals surface area contributed by atoms with Gasteiger partial charge in [-0.05, 0) is 26.9 Å². The summed E-state index contributed by atoms with van der Waals surface area (Å²) in [6.07, 6.45) is 2.57. The second-order valence-corrected chi connectivity index (χ2v) is 6.83. The molecule has 1 heterocycles. The number of hydrogen-bond acceptors (Lipinski definition) is 4. The molecule has 108 valence electrons. The van der Waals surface area contributed by atoms with E-state index < -0.39 is 5.92 Å². The van der Waals surface area contributed by atoms with Crippen LogP contribution in [0.15, 0.2) is 6.20 Å². The summed E-state index contributed by atoms with van der Waals surface area (Å²) in [5.41, 5.74) is 5.54. The van der Waals surface area contributed by atoms with Crippen LogP contribution in [0.2, 0.25) is 0 Å². The highest BCUT2D eigenvalue weighted by molar-refractivity contribution is 7.11. The summed E-state index contributed by atoms with van der Waals surface area (Å²) in [4.78, 5) is 7.68. The van der Waals surface area contributed by atoms with E-state index in [0.29, 0.717) is 19.4 Å². The van der Waals surface area contributed by atoms with E-state index in [-0.39, 0.29) is 18.3 Å². The van der Waals surface area contributed by atoms with Crippen molar-refractivity contribution >= 4 is 11.3 Å². The SMILES string of the molecule is CN(C)Cc1cnc(C2(CN)CCC(F)(F)CC2)s1. The zero-order chi connectivity index (χ0) is 14.1. The van der Waals surface area contributed by atoms with E-state index in [1.807, 2.05) is 20.3 Å². The third kappa shape index (κ3) is 3.30. The van der Waals surface area contributed by atoms with Crippen molar-refractivity contribution < 1.29 is 8.78 Å². The molecule has 0 unspecified atom stereocenters. The van der Waals surface area contributed by atoms with Gasteiger partial charge in [0.15, 0.2) is 0 Å². The third-order valence-corrected chi connectivity index (χ3v) is 5.04. The molecule has 0 amide bonds. The largest absolute Gasteiger partial charge is 0.329 e. The molecule has 1 saturated carbocycles. The fraction of sp³-hybridized carbons (Fsp3) is 0.769. The Bertz CT molecular complexity index is 421. The van der Waals surface area contributed by atoms with Gasteiger partial charge >= 0.3 is 0 Å². The molecule has 19 heavy (non-hydrogen) atoms. The van der Waals surface area contributed by atoms with Crippen molar-refractivity contribution in [2.24, 2.45) is 5.73 Å². The van der Waals surface area contributed by atoms with Crippen LogP contribution in [-0.2, 0) is 12.0 Å². The number of thiazole rings is 1. The summed E-state index contributed by atoms with van der Waals surface area (Å²) >= 11 is 1.61. The predicted molar refractivity (Wildman–Crippen MR) is 73.7 cm³/mol. The molecule has 0 aromatic carbocycles. The number of rotatable bonds is 4. The summed E-state index contributed by atoms with van der Waals surface area (Å²) in [5.74, 6) is -2.53. The Morgan fingerprint density at radius 3 is 2.47 bits per heavy atom. The number of nitrogens with zero attached hydrogens (tertiary/aromatic N) is 2. The molecule has 1 aromatic rings. The lowest BCUT2D eigenvalue weighted by Crippen LogP contribution is -2.42. The Hall–Kier alpha value is -0.590. The monoisotopic (exact) mass is 289 g/mol. The Morgan fingerprint density at radius 2 is 1.95 bits per heavy atom. The Morgan fingerprint density at radius 1 is 1.32 bits per heavy atom. The van der Waals surface area contributed by atoms with E-state index in [2.05, 4.69) is 9.88 Å². The molecule has 1 fully saturated rings. The summed E-state index contributed by atoms with van der Waals surface area (Å²) in [7, 11) is 4.00. The van der Waals surface area contributed by atoms with Crippen LogP contribution in [0.1, 0.15) is 35.6 Å². The van der Waals surface area contributed by atoms with Gasteiger partial charge in [-0.2, -0.15) is 0 Å². The second kappa shape index (κ2) is 5.42. The highest BCUT2D eigenvalue weighted by Gasteiger charge is 2.45. The Labute approximate surface area is 116 Å². The molecular formula is C13H21F2N3S. The van der Waals surface area contributed by atoms with Crippen molar-refractivity contribution in [1.29, 1.82) is 0 Å². The van der Waals surface area contributed by atoms with Crippen LogP contribution in [0, 0.1) is 0 Å². The van der Waals surface area contributed by atoms with Crippen LogP contribution in [0.3, 0.4) is 0 Å². The van der Waals surface area contributed by atoms with Crippen LogP contribution in [0.25, 0.3) is 0 Å². The van der Waals surface area contributed by atoms with E-state index in [0.717, 1.165) is 16.4 Å². The van der Waals surface area contributed by atoms with Gasteiger partial charge in [0, 0.05) is 42.4 Å². The number of halogens is 2. The molecular weight excluding hydrogens is 268 g/mol. The third-order valence-electron chi connectivity index (χ3n) is 3.81. The van der Waals surface area contributed by atoms with Gasteiger partial charge < -0.3 is 10.6 Å². The molecule has 3 nitrogen and oxygen atoms in total. The molecule has 0 radical (unpaired) electrons. The molecule has 1 aromatic heterocycles. The number of aromatic nitrogens is 1. The quantitative estimate of drug-likeness (QED) is 0.926. The first-order valence-electron chi connectivity index (χ1n) is 6.55. The molecule has 1 aliphatic rings. The van der Waals surface area contributed by atoms with Crippen LogP contribution in [0.5, 0.6) is 0 Å². The topological polar surface area (TPSA) is 42.2 Å². The minimum atomic E-state index is -2.53. The van der Waals surface area contributed by atoms with Gasteiger partial charge in [-0.3, -0.25) is 0 Å². The van der Waals surface area contributed by atoms with Crippen molar-refractivity contribution in [3.8, 4) is 0 Å². The van der Waals surface area contributed by atoms with E-state index in [9.17, 15) is 8.78 Å². The van der Waals surface area contributed by atoms with Crippen molar-refractivity contribution in [3.63, 3.8) is 0 Å². The lowest BCUT2D eigenvalue weighted by atomic mass is 9.73. The van der Waals surface area contributed by atoms with Gasteiger partial charge in [-0.15, -0.1) is 11.3 Å². The molecule has 0 bridgehead atoms. The molecule has 2 rings (SSSR count). The van der Waals surface area contributed by atoms with Crippen molar-refractivity contribution in [1.82, 2.24) is 9.88 Å². The molecule has 6 heteroatoms. The fourth-order valence-electron chi connectivity index (χ4n) is 2.54. The van der Waals surface area contributed by atoms with Gasteiger partial charge in [-0.1, -0.05) is 0 Å². The molecule has 2 N–H and O–H groups in total. The zero-order valence-corrected chi connectivity index (χ0v) is 12.3. The maximum absolute atomic E-state index is 13.3. The van der Waals surface area contributed by atoms with Crippen LogP contribution < -0.4 is 5.73 Å².